The first kappa shape index (κ1) is 14.8. The number of aryl methyl sites for hydroxylation is 2. The molecular formula is C15H20N2O2S. The zero-order chi connectivity index (χ0) is 14.7. The van der Waals surface area contributed by atoms with Crippen molar-refractivity contribution < 1.29 is 9.47 Å². The van der Waals surface area contributed by atoms with Gasteiger partial charge < -0.3 is 14.8 Å². The third-order valence-corrected chi connectivity index (χ3v) is 4.34. The van der Waals surface area contributed by atoms with Crippen LogP contribution in [0.1, 0.15) is 27.2 Å². The highest BCUT2D eigenvalue weighted by Crippen LogP contribution is 2.33. The van der Waals surface area contributed by atoms with E-state index in [4.69, 9.17) is 9.47 Å². The highest BCUT2D eigenvalue weighted by atomic mass is 32.1. The third kappa shape index (κ3) is 2.94. The largest absolute Gasteiger partial charge is 0.497 e. The van der Waals surface area contributed by atoms with Crippen LogP contribution in [0.25, 0.3) is 0 Å². The van der Waals surface area contributed by atoms with Gasteiger partial charge in [-0.2, -0.15) is 0 Å². The van der Waals surface area contributed by atoms with Crippen molar-refractivity contribution in [2.45, 2.75) is 19.9 Å². The summed E-state index contributed by atoms with van der Waals surface area (Å²) in [4.78, 5) is 5.73. The minimum absolute atomic E-state index is 0.0881. The molecule has 1 atom stereocenters. The van der Waals surface area contributed by atoms with Crippen molar-refractivity contribution in [3.8, 4) is 11.5 Å². The van der Waals surface area contributed by atoms with Gasteiger partial charge in [0, 0.05) is 10.9 Å². The van der Waals surface area contributed by atoms with E-state index in [1.54, 1.807) is 25.6 Å². The van der Waals surface area contributed by atoms with E-state index in [0.717, 1.165) is 27.8 Å². The highest BCUT2D eigenvalue weighted by Gasteiger charge is 2.19. The molecule has 1 N–H and O–H groups in total. The second-order valence-corrected chi connectivity index (χ2v) is 5.79. The zero-order valence-electron chi connectivity index (χ0n) is 12.5. The molecule has 0 spiro atoms. The molecule has 2 rings (SSSR count). The Hall–Kier alpha value is -1.59. The van der Waals surface area contributed by atoms with Gasteiger partial charge in [-0.15, -0.1) is 11.3 Å². The predicted octanol–water partition coefficient (Wildman–Crippen LogP) is 3.09. The lowest BCUT2D eigenvalue weighted by Crippen LogP contribution is -2.17. The van der Waals surface area contributed by atoms with Crippen molar-refractivity contribution in [1.29, 1.82) is 0 Å². The molecule has 5 heteroatoms. The van der Waals surface area contributed by atoms with Gasteiger partial charge in [0.25, 0.3) is 0 Å². The summed E-state index contributed by atoms with van der Waals surface area (Å²) in [6.45, 7) is 4.07. The summed E-state index contributed by atoms with van der Waals surface area (Å²) in [5.74, 6) is 1.58. The molecule has 0 fully saturated rings. The number of benzene rings is 1. The van der Waals surface area contributed by atoms with Crippen LogP contribution in [0.15, 0.2) is 18.2 Å². The van der Waals surface area contributed by atoms with Crippen LogP contribution >= 0.6 is 11.3 Å². The van der Waals surface area contributed by atoms with Gasteiger partial charge in [-0.05, 0) is 38.6 Å². The van der Waals surface area contributed by atoms with Crippen molar-refractivity contribution in [1.82, 2.24) is 10.3 Å². The van der Waals surface area contributed by atoms with Crippen molar-refractivity contribution in [2.24, 2.45) is 0 Å². The SMILES string of the molecule is CNC(c1cc(OC)cc(OC)c1)c1sc(C)nc1C. The molecule has 108 valence electrons. The first-order valence-electron chi connectivity index (χ1n) is 6.43. The Labute approximate surface area is 123 Å². The lowest BCUT2D eigenvalue weighted by molar-refractivity contribution is 0.392. The fourth-order valence-corrected chi connectivity index (χ4v) is 3.33. The van der Waals surface area contributed by atoms with Crippen molar-refractivity contribution in [3.63, 3.8) is 0 Å². The lowest BCUT2D eigenvalue weighted by atomic mass is 10.0. The Morgan fingerprint density at radius 2 is 1.70 bits per heavy atom. The minimum atomic E-state index is 0.0881. The molecule has 0 aliphatic rings. The average Bonchev–Trinajstić information content (AvgIpc) is 2.78. The maximum Gasteiger partial charge on any atom is 0.122 e. The number of nitrogens with zero attached hydrogens (tertiary/aromatic N) is 1. The van der Waals surface area contributed by atoms with Gasteiger partial charge in [0.15, 0.2) is 0 Å². The number of thiazole rings is 1. The maximum atomic E-state index is 5.34. The number of hydrogen-bond donors (Lipinski definition) is 1. The molecule has 0 aliphatic heterocycles. The molecule has 4 nitrogen and oxygen atoms in total. The molecule has 1 heterocycles. The molecule has 2 aromatic rings. The van der Waals surface area contributed by atoms with Crippen molar-refractivity contribution in [3.05, 3.63) is 39.3 Å². The van der Waals surface area contributed by atoms with E-state index < -0.39 is 0 Å². The van der Waals surface area contributed by atoms with E-state index in [2.05, 4.69) is 10.3 Å². The van der Waals surface area contributed by atoms with Gasteiger partial charge in [-0.1, -0.05) is 0 Å². The first-order valence-corrected chi connectivity index (χ1v) is 7.24. The van der Waals surface area contributed by atoms with E-state index >= 15 is 0 Å². The van der Waals surface area contributed by atoms with Crippen LogP contribution in [-0.4, -0.2) is 26.3 Å². The summed E-state index contributed by atoms with van der Waals surface area (Å²) >= 11 is 1.71. The van der Waals surface area contributed by atoms with Crippen molar-refractivity contribution >= 4 is 11.3 Å². The van der Waals surface area contributed by atoms with E-state index in [1.807, 2.05) is 39.1 Å². The molecule has 0 bridgehead atoms. The smallest absolute Gasteiger partial charge is 0.122 e. The fraction of sp³-hybridized carbons (Fsp3) is 0.400. The van der Waals surface area contributed by atoms with Gasteiger partial charge in [0.1, 0.15) is 11.5 Å². The van der Waals surface area contributed by atoms with E-state index in [9.17, 15) is 0 Å². The van der Waals surface area contributed by atoms with E-state index in [0.29, 0.717) is 0 Å². The Kier molecular flexibility index (Phi) is 4.62. The first-order chi connectivity index (χ1) is 9.58. The molecule has 1 unspecified atom stereocenters. The van der Waals surface area contributed by atoms with Crippen LogP contribution in [-0.2, 0) is 0 Å². The predicted molar refractivity (Wildman–Crippen MR) is 82.0 cm³/mol. The third-order valence-electron chi connectivity index (χ3n) is 3.20. The molecule has 20 heavy (non-hydrogen) atoms. The summed E-state index contributed by atoms with van der Waals surface area (Å²) in [5.41, 5.74) is 2.17. The monoisotopic (exact) mass is 292 g/mol. The molecule has 0 saturated carbocycles. The summed E-state index contributed by atoms with van der Waals surface area (Å²) in [6.07, 6.45) is 0. The summed E-state index contributed by atoms with van der Waals surface area (Å²) in [7, 11) is 5.27. The van der Waals surface area contributed by atoms with Crippen LogP contribution in [0.4, 0.5) is 0 Å². The molecule has 0 amide bonds. The van der Waals surface area contributed by atoms with Gasteiger partial charge in [-0.3, -0.25) is 0 Å². The number of hydrogen-bond acceptors (Lipinski definition) is 5. The zero-order valence-corrected chi connectivity index (χ0v) is 13.3. The molecule has 0 aliphatic carbocycles. The number of nitrogens with one attached hydrogen (secondary N) is 1. The number of aromatic nitrogens is 1. The Morgan fingerprint density at radius 3 is 2.10 bits per heavy atom. The second kappa shape index (κ2) is 6.24. The summed E-state index contributed by atoms with van der Waals surface area (Å²) in [6, 6.07) is 6.02. The minimum Gasteiger partial charge on any atom is -0.497 e. The standard InChI is InChI=1S/C15H20N2O2S/c1-9-15(20-10(2)17-9)14(16-3)11-6-12(18-4)8-13(7-11)19-5/h6-8,14,16H,1-5H3. The van der Waals surface area contributed by atoms with Gasteiger partial charge in [-0.25, -0.2) is 4.98 Å². The van der Waals surface area contributed by atoms with Crippen LogP contribution in [0.2, 0.25) is 0 Å². The van der Waals surface area contributed by atoms with Crippen LogP contribution in [0, 0.1) is 13.8 Å². The Morgan fingerprint density at radius 1 is 1.10 bits per heavy atom. The van der Waals surface area contributed by atoms with Gasteiger partial charge in [0.2, 0.25) is 0 Å². The quantitative estimate of drug-likeness (QED) is 0.919. The topological polar surface area (TPSA) is 43.4 Å². The Bertz CT molecular complexity index is 573. The van der Waals surface area contributed by atoms with Gasteiger partial charge >= 0.3 is 0 Å². The lowest BCUT2D eigenvalue weighted by Gasteiger charge is -2.17. The molecule has 1 aromatic carbocycles. The van der Waals surface area contributed by atoms with E-state index in [1.165, 1.54) is 4.88 Å². The van der Waals surface area contributed by atoms with E-state index in [-0.39, 0.29) is 6.04 Å². The van der Waals surface area contributed by atoms with Crippen LogP contribution in [0.3, 0.4) is 0 Å². The molecule has 0 radical (unpaired) electrons. The molecule has 0 saturated heterocycles. The maximum absolute atomic E-state index is 5.34. The normalized spacial score (nSPS) is 12.2. The Balaban J connectivity index is 2.48. The van der Waals surface area contributed by atoms with Crippen molar-refractivity contribution in [2.75, 3.05) is 21.3 Å². The van der Waals surface area contributed by atoms with Gasteiger partial charge in [0.05, 0.1) is 31.0 Å². The molecule has 1 aromatic heterocycles. The average molecular weight is 292 g/mol. The number of rotatable bonds is 5. The summed E-state index contributed by atoms with van der Waals surface area (Å²) < 4.78 is 10.7. The number of methoxy groups -OCH3 is 2. The van der Waals surface area contributed by atoms with Crippen LogP contribution in [0.5, 0.6) is 11.5 Å². The highest BCUT2D eigenvalue weighted by molar-refractivity contribution is 7.11. The fourth-order valence-electron chi connectivity index (χ4n) is 2.26. The summed E-state index contributed by atoms with van der Waals surface area (Å²) in [5, 5.41) is 4.43. The number of ether oxygens (including phenoxy) is 2. The second-order valence-electron chi connectivity index (χ2n) is 4.55. The molecular weight excluding hydrogens is 272 g/mol. The van der Waals surface area contributed by atoms with Crippen LogP contribution < -0.4 is 14.8 Å².